The number of nitrogens with zero attached hydrogens (tertiary/aromatic N) is 2. The third-order valence-electron chi connectivity index (χ3n) is 0.983. The molecule has 0 aliphatic rings. The maximum atomic E-state index is 5.33. The van der Waals surface area contributed by atoms with Gasteiger partial charge in [-0.15, -0.1) is 0 Å². The topological polar surface area (TPSA) is 17.8 Å². The molecule has 0 aromatic carbocycles. The predicted molar refractivity (Wildman–Crippen MR) is 49.9 cm³/mol. The van der Waals surface area contributed by atoms with Crippen molar-refractivity contribution in [1.82, 2.24) is 9.78 Å². The van der Waals surface area contributed by atoms with Gasteiger partial charge in [-0.25, -0.2) is 0 Å². The summed E-state index contributed by atoms with van der Waals surface area (Å²) in [6.07, 6.45) is 5.60. The van der Waals surface area contributed by atoms with Crippen molar-refractivity contribution in [3.8, 4) is 0 Å². The summed E-state index contributed by atoms with van der Waals surface area (Å²) in [5, 5.41) is 4.05. The van der Waals surface area contributed by atoms with Crippen LogP contribution in [0.15, 0.2) is 24.0 Å². The zero-order valence-corrected chi connectivity index (χ0v) is 8.08. The van der Waals surface area contributed by atoms with E-state index in [9.17, 15) is 0 Å². The van der Waals surface area contributed by atoms with Crippen LogP contribution in [0.3, 0.4) is 0 Å². The first-order valence-electron chi connectivity index (χ1n) is 2.76. The lowest BCUT2D eigenvalue weighted by Gasteiger charge is -1.90. The lowest BCUT2D eigenvalue weighted by Crippen LogP contribution is -1.93. The summed E-state index contributed by atoms with van der Waals surface area (Å²) in [7, 11) is 0. The van der Waals surface area contributed by atoms with E-state index >= 15 is 0 Å². The van der Waals surface area contributed by atoms with Crippen LogP contribution in [0, 0.1) is 3.57 Å². The first kappa shape index (κ1) is 8.07. The quantitative estimate of drug-likeness (QED) is 0.752. The maximum Gasteiger partial charge on any atom is 0.0623 e. The van der Waals surface area contributed by atoms with Crippen LogP contribution in [0.5, 0.6) is 0 Å². The molecule has 10 heavy (non-hydrogen) atoms. The van der Waals surface area contributed by atoms with Gasteiger partial charge in [-0.05, 0) is 22.6 Å². The van der Waals surface area contributed by atoms with Crippen molar-refractivity contribution < 1.29 is 0 Å². The van der Waals surface area contributed by atoms with Crippen LogP contribution in [-0.4, -0.2) is 9.78 Å². The molecule has 0 fully saturated rings. The van der Waals surface area contributed by atoms with Gasteiger partial charge in [-0.1, -0.05) is 17.7 Å². The van der Waals surface area contributed by atoms with Crippen molar-refractivity contribution >= 4 is 34.2 Å². The van der Waals surface area contributed by atoms with Crippen molar-refractivity contribution in [2.45, 2.75) is 6.54 Å². The Morgan fingerprint density at radius 2 is 2.60 bits per heavy atom. The van der Waals surface area contributed by atoms with Crippen molar-refractivity contribution in [2.75, 3.05) is 0 Å². The fourth-order valence-corrected chi connectivity index (χ4v) is 1.11. The highest BCUT2D eigenvalue weighted by molar-refractivity contribution is 14.1. The van der Waals surface area contributed by atoms with Gasteiger partial charge >= 0.3 is 0 Å². The highest BCUT2D eigenvalue weighted by Gasteiger charge is 1.89. The maximum absolute atomic E-state index is 5.33. The zero-order valence-electron chi connectivity index (χ0n) is 5.17. The fraction of sp³-hybridized carbons (Fsp3) is 0.167. The molecule has 1 aromatic heterocycles. The summed E-state index contributed by atoms with van der Waals surface area (Å²) in [4.78, 5) is 0. The molecule has 1 rings (SSSR count). The molecule has 1 heterocycles. The van der Waals surface area contributed by atoms with Crippen LogP contribution in [0.1, 0.15) is 0 Å². The van der Waals surface area contributed by atoms with Crippen LogP contribution in [0.25, 0.3) is 0 Å². The minimum Gasteiger partial charge on any atom is -0.268 e. The third-order valence-corrected chi connectivity index (χ3v) is 1.72. The molecule has 0 saturated carbocycles. The molecule has 0 saturated heterocycles. The number of halogens is 2. The molecule has 0 unspecified atom stereocenters. The van der Waals surface area contributed by atoms with Gasteiger partial charge in [0.15, 0.2) is 0 Å². The van der Waals surface area contributed by atoms with Gasteiger partial charge in [0.1, 0.15) is 0 Å². The van der Waals surface area contributed by atoms with E-state index in [2.05, 4.69) is 27.7 Å². The molecule has 0 radical (unpaired) electrons. The Kier molecular flexibility index (Phi) is 3.21. The highest BCUT2D eigenvalue weighted by atomic mass is 127. The molecule has 0 amide bonds. The van der Waals surface area contributed by atoms with Gasteiger partial charge in [-0.2, -0.15) is 5.10 Å². The number of hydrogen-bond donors (Lipinski definition) is 0. The first-order valence-corrected chi connectivity index (χ1v) is 4.27. The molecule has 0 spiro atoms. The molecule has 2 nitrogen and oxygen atoms in total. The molecule has 0 aliphatic carbocycles. The van der Waals surface area contributed by atoms with Crippen LogP contribution in [-0.2, 0) is 6.54 Å². The average molecular weight is 268 g/mol. The standard InChI is InChI=1S/C6H6ClIN2/c7-2-1-3-10-5-6(8)4-9-10/h1-2,4-5H,3H2/b2-1-. The van der Waals surface area contributed by atoms with Gasteiger partial charge in [0.05, 0.1) is 16.3 Å². The lowest BCUT2D eigenvalue weighted by molar-refractivity contribution is 0.702. The Hall–Kier alpha value is -0.0300. The Balaban J connectivity index is 2.58. The smallest absolute Gasteiger partial charge is 0.0623 e. The molecule has 0 atom stereocenters. The first-order chi connectivity index (χ1) is 4.83. The van der Waals surface area contributed by atoms with E-state index in [0.29, 0.717) is 0 Å². The van der Waals surface area contributed by atoms with Gasteiger partial charge < -0.3 is 0 Å². The second-order valence-electron chi connectivity index (χ2n) is 1.74. The van der Waals surface area contributed by atoms with Crippen LogP contribution in [0.4, 0.5) is 0 Å². The Morgan fingerprint density at radius 1 is 1.80 bits per heavy atom. The number of rotatable bonds is 2. The molecule has 54 valence electrons. The van der Waals surface area contributed by atoms with E-state index in [4.69, 9.17) is 11.6 Å². The normalized spacial score (nSPS) is 11.0. The summed E-state index contributed by atoms with van der Waals surface area (Å²) in [6.45, 7) is 0.743. The van der Waals surface area contributed by atoms with Gasteiger partial charge in [-0.3, -0.25) is 4.68 Å². The fourth-order valence-electron chi connectivity index (χ4n) is 0.586. The van der Waals surface area contributed by atoms with Crippen LogP contribution < -0.4 is 0 Å². The second-order valence-corrected chi connectivity index (χ2v) is 3.24. The zero-order chi connectivity index (χ0) is 7.40. The van der Waals surface area contributed by atoms with E-state index in [1.807, 2.05) is 23.2 Å². The van der Waals surface area contributed by atoms with Gasteiger partial charge in [0, 0.05) is 11.7 Å². The number of aromatic nitrogens is 2. The van der Waals surface area contributed by atoms with Crippen LogP contribution >= 0.6 is 34.2 Å². The van der Waals surface area contributed by atoms with Crippen molar-refractivity contribution in [1.29, 1.82) is 0 Å². The van der Waals surface area contributed by atoms with Crippen molar-refractivity contribution in [3.63, 3.8) is 0 Å². The third kappa shape index (κ3) is 2.30. The highest BCUT2D eigenvalue weighted by Crippen LogP contribution is 2.00. The summed E-state index contributed by atoms with van der Waals surface area (Å²) in [5.74, 6) is 0. The number of allylic oxidation sites excluding steroid dienone is 1. The SMILES string of the molecule is Cl/C=C\Cn1cc(I)cn1. The average Bonchev–Trinajstić information content (AvgIpc) is 2.31. The molecular formula is C6H6ClIN2. The lowest BCUT2D eigenvalue weighted by atomic mass is 10.6. The van der Waals surface area contributed by atoms with Crippen LogP contribution in [0.2, 0.25) is 0 Å². The Bertz CT molecular complexity index is 231. The molecule has 0 aliphatic heterocycles. The minimum absolute atomic E-state index is 0.743. The summed E-state index contributed by atoms with van der Waals surface area (Å²) < 4.78 is 2.96. The minimum atomic E-state index is 0.743. The molecule has 0 N–H and O–H groups in total. The Morgan fingerprint density at radius 3 is 3.10 bits per heavy atom. The van der Waals surface area contributed by atoms with Crippen molar-refractivity contribution in [3.05, 3.63) is 27.6 Å². The van der Waals surface area contributed by atoms with E-state index in [0.717, 1.165) is 10.1 Å². The van der Waals surface area contributed by atoms with E-state index in [1.165, 1.54) is 5.54 Å². The molecular weight excluding hydrogens is 262 g/mol. The van der Waals surface area contributed by atoms with E-state index in [-0.39, 0.29) is 0 Å². The largest absolute Gasteiger partial charge is 0.268 e. The van der Waals surface area contributed by atoms with Crippen molar-refractivity contribution in [2.24, 2.45) is 0 Å². The second kappa shape index (κ2) is 3.98. The summed E-state index contributed by atoms with van der Waals surface area (Å²) in [6, 6.07) is 0. The summed E-state index contributed by atoms with van der Waals surface area (Å²) >= 11 is 7.55. The Labute approximate surface area is 78.0 Å². The molecule has 4 heteroatoms. The molecule has 0 bridgehead atoms. The van der Waals surface area contributed by atoms with Gasteiger partial charge in [0.2, 0.25) is 0 Å². The summed E-state index contributed by atoms with van der Waals surface area (Å²) in [5.41, 5.74) is 1.49. The van der Waals surface area contributed by atoms with Gasteiger partial charge in [0.25, 0.3) is 0 Å². The predicted octanol–water partition coefficient (Wildman–Crippen LogP) is 2.24. The monoisotopic (exact) mass is 268 g/mol. The number of hydrogen-bond acceptors (Lipinski definition) is 1. The van der Waals surface area contributed by atoms with E-state index < -0.39 is 0 Å². The molecule has 1 aromatic rings. The van der Waals surface area contributed by atoms with E-state index in [1.54, 1.807) is 0 Å².